The molecular formula is C21H18O6. The average molecular weight is 366 g/mol. The van der Waals surface area contributed by atoms with Gasteiger partial charge in [0.25, 0.3) is 0 Å². The van der Waals surface area contributed by atoms with Crippen molar-refractivity contribution in [1.29, 1.82) is 0 Å². The number of rotatable bonds is 3. The summed E-state index contributed by atoms with van der Waals surface area (Å²) in [6.07, 6.45) is 0. The Morgan fingerprint density at radius 3 is 0.889 bits per heavy atom. The maximum absolute atomic E-state index is 10.3. The van der Waals surface area contributed by atoms with Crippen LogP contribution in [0, 0.1) is 0 Å². The van der Waals surface area contributed by atoms with Gasteiger partial charge in [0, 0.05) is 0 Å². The molecule has 0 unspecified atom stereocenters. The number of phenols is 3. The summed E-state index contributed by atoms with van der Waals surface area (Å²) in [7, 11) is 4.43. The smallest absolute Gasteiger partial charge is 0.161 e. The Balaban J connectivity index is 2.32. The van der Waals surface area contributed by atoms with E-state index in [4.69, 9.17) is 14.2 Å². The van der Waals surface area contributed by atoms with Gasteiger partial charge in [-0.1, -0.05) is 0 Å². The molecule has 6 nitrogen and oxygen atoms in total. The number of aromatic hydroxyl groups is 3. The second-order valence-electron chi connectivity index (χ2n) is 6.21. The Kier molecular flexibility index (Phi) is 3.77. The first-order valence-electron chi connectivity index (χ1n) is 8.22. The predicted molar refractivity (Wildman–Crippen MR) is 104 cm³/mol. The van der Waals surface area contributed by atoms with Gasteiger partial charge in [-0.15, -0.1) is 0 Å². The predicted octanol–water partition coefficient (Wildman–Crippen LogP) is 4.29. The molecule has 4 aromatic rings. The highest BCUT2D eigenvalue weighted by atomic mass is 16.5. The van der Waals surface area contributed by atoms with Gasteiger partial charge < -0.3 is 29.5 Å². The van der Waals surface area contributed by atoms with Crippen LogP contribution in [0.4, 0.5) is 0 Å². The Labute approximate surface area is 154 Å². The maximum atomic E-state index is 10.3. The molecular weight excluding hydrogens is 348 g/mol. The summed E-state index contributed by atoms with van der Waals surface area (Å²) in [5.41, 5.74) is 0. The lowest BCUT2D eigenvalue weighted by molar-refractivity contribution is 0.374. The molecule has 0 saturated heterocycles. The number of phenolic OH excluding ortho intramolecular Hbond substituents is 3. The monoisotopic (exact) mass is 366 g/mol. The second-order valence-corrected chi connectivity index (χ2v) is 6.21. The van der Waals surface area contributed by atoms with Crippen LogP contribution in [0.5, 0.6) is 34.5 Å². The van der Waals surface area contributed by atoms with Crippen LogP contribution in [-0.4, -0.2) is 36.6 Å². The van der Waals surface area contributed by atoms with Crippen molar-refractivity contribution in [1.82, 2.24) is 0 Å². The van der Waals surface area contributed by atoms with E-state index in [9.17, 15) is 15.3 Å². The van der Waals surface area contributed by atoms with E-state index in [1.807, 2.05) is 0 Å². The average Bonchev–Trinajstić information content (AvgIpc) is 2.67. The van der Waals surface area contributed by atoms with Crippen LogP contribution in [0.25, 0.3) is 32.3 Å². The summed E-state index contributed by atoms with van der Waals surface area (Å²) in [5.74, 6) is 0.957. The third-order valence-corrected chi connectivity index (χ3v) is 4.83. The van der Waals surface area contributed by atoms with Crippen molar-refractivity contribution in [3.8, 4) is 34.5 Å². The lowest BCUT2D eigenvalue weighted by Gasteiger charge is -2.15. The van der Waals surface area contributed by atoms with Crippen LogP contribution in [0.3, 0.4) is 0 Å². The summed E-state index contributed by atoms with van der Waals surface area (Å²) >= 11 is 0. The normalized spacial score (nSPS) is 11.2. The fraction of sp³-hybridized carbons (Fsp3) is 0.143. The lowest BCUT2D eigenvalue weighted by atomic mass is 9.93. The highest BCUT2D eigenvalue weighted by Gasteiger charge is 2.17. The van der Waals surface area contributed by atoms with E-state index < -0.39 is 0 Å². The molecule has 3 N–H and O–H groups in total. The molecule has 27 heavy (non-hydrogen) atoms. The van der Waals surface area contributed by atoms with Crippen molar-refractivity contribution in [3.63, 3.8) is 0 Å². The fourth-order valence-corrected chi connectivity index (χ4v) is 3.53. The van der Waals surface area contributed by atoms with Gasteiger partial charge in [-0.2, -0.15) is 0 Å². The minimum atomic E-state index is -0.00424. The summed E-state index contributed by atoms with van der Waals surface area (Å²) in [6, 6.07) is 9.97. The standard InChI is InChI=1S/C21H18O6/c1-25-19-7-13-10(4-16(19)22)14-8-20(26-2)18(24)6-12(14)15-9-21(27-3)17(23)5-11(13)15/h4-9,22-24H,1-3H3. The molecule has 0 radical (unpaired) electrons. The van der Waals surface area contributed by atoms with Crippen molar-refractivity contribution >= 4 is 32.3 Å². The number of ether oxygens (including phenoxy) is 3. The zero-order valence-corrected chi connectivity index (χ0v) is 15.0. The molecule has 4 aromatic carbocycles. The van der Waals surface area contributed by atoms with E-state index in [1.54, 1.807) is 36.4 Å². The first kappa shape index (κ1) is 16.9. The zero-order chi connectivity index (χ0) is 19.3. The quantitative estimate of drug-likeness (QED) is 0.469. The largest absolute Gasteiger partial charge is 0.504 e. The molecule has 0 bridgehead atoms. The lowest BCUT2D eigenvalue weighted by Crippen LogP contribution is -1.91. The first-order chi connectivity index (χ1) is 13.0. The molecule has 4 rings (SSSR count). The van der Waals surface area contributed by atoms with Crippen LogP contribution in [0.1, 0.15) is 0 Å². The van der Waals surface area contributed by atoms with Crippen LogP contribution >= 0.6 is 0 Å². The van der Waals surface area contributed by atoms with Gasteiger partial charge >= 0.3 is 0 Å². The second kappa shape index (κ2) is 6.02. The maximum Gasteiger partial charge on any atom is 0.161 e. The highest BCUT2D eigenvalue weighted by molar-refractivity contribution is 6.26. The Morgan fingerprint density at radius 2 is 0.667 bits per heavy atom. The molecule has 0 aliphatic carbocycles. The van der Waals surface area contributed by atoms with Crippen LogP contribution in [0.2, 0.25) is 0 Å². The van der Waals surface area contributed by atoms with Gasteiger partial charge in [-0.3, -0.25) is 0 Å². The van der Waals surface area contributed by atoms with Crippen molar-refractivity contribution in [2.45, 2.75) is 0 Å². The minimum Gasteiger partial charge on any atom is -0.504 e. The number of fused-ring (bicyclic) bond motifs is 6. The molecule has 0 saturated carbocycles. The number of hydrogen-bond donors (Lipinski definition) is 3. The SMILES string of the molecule is COc1cc2c(cc1O)c1cc(OC)c(O)cc1c1cc(OC)c(O)cc21. The van der Waals surface area contributed by atoms with Crippen molar-refractivity contribution in [2.24, 2.45) is 0 Å². The van der Waals surface area contributed by atoms with E-state index in [0.29, 0.717) is 17.2 Å². The van der Waals surface area contributed by atoms with E-state index in [2.05, 4.69) is 0 Å². The summed E-state index contributed by atoms with van der Waals surface area (Å²) < 4.78 is 15.8. The van der Waals surface area contributed by atoms with Crippen molar-refractivity contribution in [2.75, 3.05) is 21.3 Å². The van der Waals surface area contributed by atoms with Crippen molar-refractivity contribution in [3.05, 3.63) is 36.4 Å². The van der Waals surface area contributed by atoms with Crippen LogP contribution in [0.15, 0.2) is 36.4 Å². The Bertz CT molecular complexity index is 1030. The summed E-state index contributed by atoms with van der Waals surface area (Å²) in [6.45, 7) is 0. The molecule has 6 heteroatoms. The fourth-order valence-electron chi connectivity index (χ4n) is 3.53. The van der Waals surface area contributed by atoms with Crippen LogP contribution < -0.4 is 14.2 Å². The molecule has 0 heterocycles. The van der Waals surface area contributed by atoms with Gasteiger partial charge in [-0.25, -0.2) is 0 Å². The number of methoxy groups -OCH3 is 3. The molecule has 0 aliphatic rings. The van der Waals surface area contributed by atoms with Crippen molar-refractivity contribution < 1.29 is 29.5 Å². The first-order valence-corrected chi connectivity index (χ1v) is 8.22. The highest BCUT2D eigenvalue weighted by Crippen LogP contribution is 2.45. The van der Waals surface area contributed by atoms with Gasteiger partial charge in [0.1, 0.15) is 0 Å². The molecule has 0 amide bonds. The molecule has 0 spiro atoms. The van der Waals surface area contributed by atoms with E-state index >= 15 is 0 Å². The zero-order valence-electron chi connectivity index (χ0n) is 15.0. The molecule has 0 aromatic heterocycles. The van der Waals surface area contributed by atoms with Gasteiger partial charge in [0.05, 0.1) is 21.3 Å². The van der Waals surface area contributed by atoms with E-state index in [0.717, 1.165) is 32.3 Å². The molecule has 0 aliphatic heterocycles. The van der Waals surface area contributed by atoms with Gasteiger partial charge in [0.2, 0.25) is 0 Å². The summed E-state index contributed by atoms with van der Waals surface area (Å²) in [5, 5.41) is 35.4. The topological polar surface area (TPSA) is 88.4 Å². The number of hydrogen-bond acceptors (Lipinski definition) is 6. The Hall–Kier alpha value is -3.54. The third-order valence-electron chi connectivity index (χ3n) is 4.83. The van der Waals surface area contributed by atoms with Crippen LogP contribution in [-0.2, 0) is 0 Å². The van der Waals surface area contributed by atoms with Gasteiger partial charge in [-0.05, 0) is 68.7 Å². The third kappa shape index (κ3) is 2.41. The molecule has 0 atom stereocenters. The van der Waals surface area contributed by atoms with E-state index in [1.165, 1.54) is 21.3 Å². The van der Waals surface area contributed by atoms with E-state index in [-0.39, 0.29) is 17.2 Å². The molecule has 138 valence electrons. The summed E-state index contributed by atoms with van der Waals surface area (Å²) in [4.78, 5) is 0. The van der Waals surface area contributed by atoms with Gasteiger partial charge in [0.15, 0.2) is 34.5 Å². The Morgan fingerprint density at radius 1 is 0.444 bits per heavy atom. The molecule has 0 fully saturated rings. The minimum absolute atomic E-state index is 0.00424. The number of benzene rings is 4.